The lowest BCUT2D eigenvalue weighted by Crippen LogP contribution is -2.35. The summed E-state index contributed by atoms with van der Waals surface area (Å²) in [6, 6.07) is 0. The van der Waals surface area contributed by atoms with Crippen LogP contribution >= 0.6 is 35.0 Å². The molecular formula is C10H11Cl2N3OS. The summed E-state index contributed by atoms with van der Waals surface area (Å²) in [5.74, 6) is 0.898. The zero-order valence-corrected chi connectivity index (χ0v) is 11.5. The fourth-order valence-electron chi connectivity index (χ4n) is 1.65. The molecule has 1 atom stereocenters. The lowest BCUT2D eigenvalue weighted by atomic mass is 10.1. The number of nitrogens with one attached hydrogen (secondary N) is 1. The number of rotatable bonds is 2. The van der Waals surface area contributed by atoms with Gasteiger partial charge in [0.25, 0.3) is 0 Å². The van der Waals surface area contributed by atoms with Gasteiger partial charge in [-0.2, -0.15) is 0 Å². The maximum absolute atomic E-state index is 12.1. The minimum Gasteiger partial charge on any atom is -0.320 e. The Morgan fingerprint density at radius 2 is 2.12 bits per heavy atom. The molecule has 0 radical (unpaired) electrons. The Morgan fingerprint density at radius 3 is 2.65 bits per heavy atom. The Hall–Kier alpha value is -0.520. The molecule has 2 rings (SSSR count). The summed E-state index contributed by atoms with van der Waals surface area (Å²) in [6.07, 6.45) is 3.15. The van der Waals surface area contributed by atoms with Crippen LogP contribution in [0.3, 0.4) is 0 Å². The molecule has 4 nitrogen and oxygen atoms in total. The number of thioether (sulfide) groups is 1. The second kappa shape index (κ2) is 5.00. The normalized spacial score (nSPS) is 23.7. The maximum atomic E-state index is 12.1. The molecule has 0 saturated carbocycles. The number of amides is 1. The largest absolute Gasteiger partial charge is 0.320 e. The predicted octanol–water partition coefficient (Wildman–Crippen LogP) is 3.01. The highest BCUT2D eigenvalue weighted by atomic mass is 35.5. The van der Waals surface area contributed by atoms with Gasteiger partial charge in [0.15, 0.2) is 10.3 Å². The second-order valence-electron chi connectivity index (χ2n) is 3.97. The average Bonchev–Trinajstić information content (AvgIpc) is 2.72. The summed E-state index contributed by atoms with van der Waals surface area (Å²) < 4.78 is -0.414. The first-order valence-corrected chi connectivity index (χ1v) is 6.88. The van der Waals surface area contributed by atoms with Crippen molar-refractivity contribution in [1.29, 1.82) is 0 Å². The van der Waals surface area contributed by atoms with Crippen molar-refractivity contribution < 1.29 is 4.79 Å². The molecule has 1 aliphatic rings. The van der Waals surface area contributed by atoms with Crippen LogP contribution in [0.2, 0.25) is 10.3 Å². The molecule has 0 aromatic carbocycles. The maximum Gasteiger partial charge on any atom is 0.240 e. The minimum absolute atomic E-state index is 0.0985. The molecule has 1 saturated heterocycles. The average molecular weight is 292 g/mol. The van der Waals surface area contributed by atoms with E-state index in [0.717, 1.165) is 18.6 Å². The summed E-state index contributed by atoms with van der Waals surface area (Å²) in [7, 11) is 0. The van der Waals surface area contributed by atoms with Gasteiger partial charge in [-0.3, -0.25) is 4.79 Å². The number of hydrogen-bond acceptors (Lipinski definition) is 4. The molecule has 7 heteroatoms. The van der Waals surface area contributed by atoms with Gasteiger partial charge in [-0.05, 0) is 25.5 Å². The van der Waals surface area contributed by atoms with Crippen molar-refractivity contribution in [2.24, 2.45) is 0 Å². The number of nitrogens with zero attached hydrogens (tertiary/aromatic N) is 2. The Bertz CT molecular complexity index is 429. The van der Waals surface area contributed by atoms with Crippen molar-refractivity contribution in [3.05, 3.63) is 16.6 Å². The van der Waals surface area contributed by atoms with Gasteiger partial charge < -0.3 is 5.32 Å². The molecule has 1 amide bonds. The van der Waals surface area contributed by atoms with Crippen molar-refractivity contribution >= 4 is 46.6 Å². The van der Waals surface area contributed by atoms with Crippen LogP contribution in [0.15, 0.2) is 6.33 Å². The number of carbonyl (C=O) groups excluding carboxylic acids is 1. The van der Waals surface area contributed by atoms with Gasteiger partial charge in [-0.1, -0.05) is 23.2 Å². The first-order valence-electron chi connectivity index (χ1n) is 5.14. The first kappa shape index (κ1) is 12.9. The van der Waals surface area contributed by atoms with Crippen LogP contribution in [0.1, 0.15) is 19.8 Å². The highest BCUT2D eigenvalue weighted by Crippen LogP contribution is 2.39. The third kappa shape index (κ3) is 2.67. The molecule has 1 fully saturated rings. The molecule has 2 heterocycles. The lowest BCUT2D eigenvalue weighted by molar-refractivity contribution is -0.118. The van der Waals surface area contributed by atoms with Gasteiger partial charge in [-0.25, -0.2) is 9.97 Å². The molecule has 1 aliphatic heterocycles. The first-order chi connectivity index (χ1) is 8.03. The smallest absolute Gasteiger partial charge is 0.240 e. The third-order valence-corrected chi connectivity index (χ3v) is 4.79. The Balaban J connectivity index is 2.18. The van der Waals surface area contributed by atoms with E-state index in [1.165, 1.54) is 6.33 Å². The topological polar surface area (TPSA) is 54.9 Å². The van der Waals surface area contributed by atoms with Crippen molar-refractivity contribution in [1.82, 2.24) is 9.97 Å². The van der Waals surface area contributed by atoms with Crippen LogP contribution in [-0.2, 0) is 4.79 Å². The predicted molar refractivity (Wildman–Crippen MR) is 70.8 cm³/mol. The third-order valence-electron chi connectivity index (χ3n) is 2.69. The molecule has 1 aromatic rings. The molecule has 1 N–H and O–H groups in total. The Kier molecular flexibility index (Phi) is 3.80. The summed E-state index contributed by atoms with van der Waals surface area (Å²) in [4.78, 5) is 19.7. The fraction of sp³-hybridized carbons (Fsp3) is 0.500. The highest BCUT2D eigenvalue weighted by molar-refractivity contribution is 8.01. The van der Waals surface area contributed by atoms with E-state index in [-0.39, 0.29) is 21.9 Å². The van der Waals surface area contributed by atoms with E-state index in [0.29, 0.717) is 0 Å². The van der Waals surface area contributed by atoms with Crippen LogP contribution in [0.25, 0.3) is 0 Å². The Morgan fingerprint density at radius 1 is 1.47 bits per heavy atom. The van der Waals surface area contributed by atoms with Gasteiger partial charge in [0, 0.05) is 0 Å². The molecule has 17 heavy (non-hydrogen) atoms. The van der Waals surface area contributed by atoms with E-state index in [9.17, 15) is 4.79 Å². The Labute approximate surface area is 113 Å². The van der Waals surface area contributed by atoms with Crippen LogP contribution < -0.4 is 5.32 Å². The van der Waals surface area contributed by atoms with Crippen molar-refractivity contribution in [3.8, 4) is 0 Å². The highest BCUT2D eigenvalue weighted by Gasteiger charge is 2.37. The van der Waals surface area contributed by atoms with Crippen molar-refractivity contribution in [2.75, 3.05) is 11.1 Å². The van der Waals surface area contributed by atoms with E-state index in [1.807, 2.05) is 6.92 Å². The number of aromatic nitrogens is 2. The van der Waals surface area contributed by atoms with E-state index < -0.39 is 4.75 Å². The number of carbonyl (C=O) groups is 1. The SMILES string of the molecule is CC1(C(=O)Nc2c(Cl)ncnc2Cl)CCCS1. The quantitative estimate of drug-likeness (QED) is 0.851. The second-order valence-corrected chi connectivity index (χ2v) is 6.28. The zero-order valence-electron chi connectivity index (χ0n) is 9.17. The summed E-state index contributed by atoms with van der Waals surface area (Å²) in [6.45, 7) is 1.92. The molecule has 92 valence electrons. The molecule has 0 aliphatic carbocycles. The van der Waals surface area contributed by atoms with Crippen molar-refractivity contribution in [3.63, 3.8) is 0 Å². The molecule has 1 aromatic heterocycles. The van der Waals surface area contributed by atoms with E-state index in [2.05, 4.69) is 15.3 Å². The monoisotopic (exact) mass is 291 g/mol. The zero-order chi connectivity index (χ0) is 12.5. The molecule has 1 unspecified atom stereocenters. The van der Waals surface area contributed by atoms with Gasteiger partial charge in [-0.15, -0.1) is 11.8 Å². The summed E-state index contributed by atoms with van der Waals surface area (Å²) in [5, 5.41) is 3.03. The van der Waals surface area contributed by atoms with E-state index in [1.54, 1.807) is 11.8 Å². The van der Waals surface area contributed by atoms with Gasteiger partial charge in [0.2, 0.25) is 5.91 Å². The molecule has 0 bridgehead atoms. The number of halogens is 2. The van der Waals surface area contributed by atoms with E-state index >= 15 is 0 Å². The summed E-state index contributed by atoms with van der Waals surface area (Å²) in [5.41, 5.74) is 0.287. The van der Waals surface area contributed by atoms with Crippen LogP contribution in [0, 0.1) is 0 Å². The minimum atomic E-state index is -0.414. The number of hydrogen-bond donors (Lipinski definition) is 1. The molecular weight excluding hydrogens is 281 g/mol. The molecule has 0 spiro atoms. The fourth-order valence-corrected chi connectivity index (χ4v) is 3.27. The lowest BCUT2D eigenvalue weighted by Gasteiger charge is -2.21. The van der Waals surface area contributed by atoms with Crippen LogP contribution in [0.4, 0.5) is 5.69 Å². The van der Waals surface area contributed by atoms with Crippen LogP contribution in [0.5, 0.6) is 0 Å². The number of anilines is 1. The van der Waals surface area contributed by atoms with Crippen LogP contribution in [-0.4, -0.2) is 26.4 Å². The van der Waals surface area contributed by atoms with Gasteiger partial charge in [0.05, 0.1) is 4.75 Å². The standard InChI is InChI=1S/C10H11Cl2N3OS/c1-10(3-2-4-17-10)9(16)15-6-7(11)13-5-14-8(6)12/h5H,2-4H2,1H3,(H,15,16). The van der Waals surface area contributed by atoms with Crippen molar-refractivity contribution in [2.45, 2.75) is 24.5 Å². The van der Waals surface area contributed by atoms with Gasteiger partial charge >= 0.3 is 0 Å². The van der Waals surface area contributed by atoms with E-state index in [4.69, 9.17) is 23.2 Å². The summed E-state index contributed by atoms with van der Waals surface area (Å²) >= 11 is 13.4. The van der Waals surface area contributed by atoms with Gasteiger partial charge in [0.1, 0.15) is 12.0 Å².